The zero-order chi connectivity index (χ0) is 24.2. The van der Waals surface area contributed by atoms with Crippen LogP contribution in [-0.4, -0.2) is 30.8 Å². The number of carboxylic acid groups (broad SMARTS) is 1. The second kappa shape index (κ2) is 10.1. The third kappa shape index (κ3) is 5.42. The van der Waals surface area contributed by atoms with Gasteiger partial charge in [0.15, 0.2) is 5.76 Å². The fourth-order valence-corrected chi connectivity index (χ4v) is 4.82. The summed E-state index contributed by atoms with van der Waals surface area (Å²) in [5.41, 5.74) is 10.0. The number of carboxylic acids is 1. The molecule has 1 fully saturated rings. The van der Waals surface area contributed by atoms with Crippen LogP contribution in [0.4, 0.5) is 5.82 Å². The molecule has 0 radical (unpaired) electrons. The number of hydrogen-bond acceptors (Lipinski definition) is 6. The van der Waals surface area contributed by atoms with Crippen molar-refractivity contribution in [3.05, 3.63) is 83.7 Å². The second-order valence-electron chi connectivity index (χ2n) is 9.30. The van der Waals surface area contributed by atoms with Gasteiger partial charge < -0.3 is 19.9 Å². The highest BCUT2D eigenvalue weighted by molar-refractivity contribution is 5.75. The van der Waals surface area contributed by atoms with Crippen LogP contribution in [-0.2, 0) is 17.8 Å². The van der Waals surface area contributed by atoms with Crippen molar-refractivity contribution >= 4 is 11.8 Å². The molecule has 0 aliphatic heterocycles. The first-order valence-electron chi connectivity index (χ1n) is 12.1. The molecule has 0 amide bonds. The van der Waals surface area contributed by atoms with Gasteiger partial charge >= 0.3 is 5.97 Å². The van der Waals surface area contributed by atoms with Crippen molar-refractivity contribution in [1.82, 2.24) is 19.7 Å². The van der Waals surface area contributed by atoms with Gasteiger partial charge in [-0.3, -0.25) is 4.79 Å². The zero-order valence-corrected chi connectivity index (χ0v) is 19.5. The summed E-state index contributed by atoms with van der Waals surface area (Å²) >= 11 is 0. The fraction of sp³-hybridized carbons (Fsp3) is 0.333. The van der Waals surface area contributed by atoms with Crippen LogP contribution in [0.1, 0.15) is 66.5 Å². The van der Waals surface area contributed by atoms with E-state index >= 15 is 0 Å². The van der Waals surface area contributed by atoms with Crippen LogP contribution in [0.15, 0.2) is 65.7 Å². The molecule has 3 aromatic heterocycles. The molecule has 8 nitrogen and oxygen atoms in total. The Balaban J connectivity index is 1.25. The Labute approximate surface area is 203 Å². The topological polar surface area (TPSA) is 120 Å². The number of anilines is 1. The lowest BCUT2D eigenvalue weighted by Gasteiger charge is -2.21. The van der Waals surface area contributed by atoms with Gasteiger partial charge in [0.25, 0.3) is 0 Å². The van der Waals surface area contributed by atoms with Gasteiger partial charge in [-0.1, -0.05) is 54.8 Å². The third-order valence-corrected chi connectivity index (χ3v) is 6.77. The first kappa shape index (κ1) is 22.8. The van der Waals surface area contributed by atoms with Crippen LogP contribution < -0.4 is 5.73 Å². The van der Waals surface area contributed by atoms with Crippen molar-refractivity contribution in [3.8, 4) is 11.3 Å². The lowest BCUT2D eigenvalue weighted by molar-refractivity contribution is -0.138. The Kier molecular flexibility index (Phi) is 6.61. The van der Waals surface area contributed by atoms with Gasteiger partial charge in [0.2, 0.25) is 0 Å². The smallest absolute Gasteiger partial charge is 0.312 e. The normalized spacial score (nSPS) is 15.2. The molecule has 1 aromatic carbocycles. The first-order valence-corrected chi connectivity index (χ1v) is 12.1. The molecule has 1 unspecified atom stereocenters. The number of nitrogens with two attached hydrogens (primary N) is 1. The predicted molar refractivity (Wildman–Crippen MR) is 132 cm³/mol. The Bertz CT molecular complexity index is 1270. The monoisotopic (exact) mass is 471 g/mol. The van der Waals surface area contributed by atoms with Crippen LogP contribution in [0.3, 0.4) is 0 Å². The van der Waals surface area contributed by atoms with E-state index in [0.717, 1.165) is 22.6 Å². The highest BCUT2D eigenvalue weighted by Crippen LogP contribution is 2.33. The van der Waals surface area contributed by atoms with E-state index in [1.54, 1.807) is 30.9 Å². The van der Waals surface area contributed by atoms with Gasteiger partial charge in [0, 0.05) is 24.0 Å². The molecule has 35 heavy (non-hydrogen) atoms. The molecule has 1 aliphatic carbocycles. The fourth-order valence-electron chi connectivity index (χ4n) is 4.82. The largest absolute Gasteiger partial charge is 0.481 e. The van der Waals surface area contributed by atoms with Crippen LogP contribution in [0.2, 0.25) is 0 Å². The van der Waals surface area contributed by atoms with Crippen molar-refractivity contribution in [2.45, 2.75) is 56.9 Å². The van der Waals surface area contributed by atoms with E-state index in [4.69, 9.17) is 10.3 Å². The summed E-state index contributed by atoms with van der Waals surface area (Å²) in [6, 6.07) is 14.0. The van der Waals surface area contributed by atoms with E-state index < -0.39 is 11.9 Å². The lowest BCUT2D eigenvalue weighted by Crippen LogP contribution is -2.15. The van der Waals surface area contributed by atoms with E-state index in [1.807, 2.05) is 10.6 Å². The van der Waals surface area contributed by atoms with E-state index in [-0.39, 0.29) is 6.42 Å². The minimum absolute atomic E-state index is 0.282. The van der Waals surface area contributed by atoms with Gasteiger partial charge in [-0.2, -0.15) is 0 Å². The number of imidazole rings is 1. The molecule has 4 aromatic rings. The molecule has 0 spiro atoms. The Morgan fingerprint density at radius 3 is 2.63 bits per heavy atom. The highest BCUT2D eigenvalue weighted by Gasteiger charge is 2.23. The minimum atomic E-state index is -0.938. The van der Waals surface area contributed by atoms with E-state index in [0.29, 0.717) is 24.0 Å². The molecule has 1 atom stereocenters. The molecule has 180 valence electrons. The number of nitrogens with zero attached hydrogens (tertiary/aromatic N) is 4. The zero-order valence-electron chi connectivity index (χ0n) is 19.5. The summed E-state index contributed by atoms with van der Waals surface area (Å²) < 4.78 is 7.41. The van der Waals surface area contributed by atoms with Gasteiger partial charge in [-0.05, 0) is 42.4 Å². The molecule has 0 bridgehead atoms. The number of hydrogen-bond donors (Lipinski definition) is 2. The molecule has 1 aliphatic rings. The molecule has 1 saturated carbocycles. The molecular weight excluding hydrogens is 442 g/mol. The molecule has 8 heteroatoms. The van der Waals surface area contributed by atoms with Crippen molar-refractivity contribution in [3.63, 3.8) is 0 Å². The molecule has 3 N–H and O–H groups in total. The van der Waals surface area contributed by atoms with Crippen molar-refractivity contribution in [2.24, 2.45) is 0 Å². The summed E-state index contributed by atoms with van der Waals surface area (Å²) in [6.07, 6.45) is 11.8. The Morgan fingerprint density at radius 2 is 1.91 bits per heavy atom. The van der Waals surface area contributed by atoms with Crippen LogP contribution in [0, 0.1) is 0 Å². The lowest BCUT2D eigenvalue weighted by atomic mass is 9.84. The van der Waals surface area contributed by atoms with E-state index in [1.165, 1.54) is 37.7 Å². The number of aromatic nitrogens is 4. The van der Waals surface area contributed by atoms with Gasteiger partial charge in [0.05, 0.1) is 18.6 Å². The maximum absolute atomic E-state index is 11.9. The number of nitrogen functional groups attached to an aromatic ring is 1. The van der Waals surface area contributed by atoms with Gasteiger partial charge in [-0.25, -0.2) is 9.97 Å². The molecule has 0 saturated heterocycles. The van der Waals surface area contributed by atoms with E-state index in [9.17, 15) is 9.90 Å². The van der Waals surface area contributed by atoms with Crippen molar-refractivity contribution in [2.75, 3.05) is 5.73 Å². The quantitative estimate of drug-likeness (QED) is 0.370. The predicted octanol–water partition coefficient (Wildman–Crippen LogP) is 5.02. The average Bonchev–Trinajstić information content (AvgIpc) is 3.54. The maximum Gasteiger partial charge on any atom is 0.312 e. The molecular formula is C27H29N5O3. The second-order valence-corrected chi connectivity index (χ2v) is 9.30. The number of pyridine rings is 1. The summed E-state index contributed by atoms with van der Waals surface area (Å²) in [5, 5.41) is 14.0. The van der Waals surface area contributed by atoms with Gasteiger partial charge in [-0.15, -0.1) is 0 Å². The van der Waals surface area contributed by atoms with Crippen LogP contribution in [0.5, 0.6) is 0 Å². The van der Waals surface area contributed by atoms with Crippen molar-refractivity contribution in [1.29, 1.82) is 0 Å². The summed E-state index contributed by atoms with van der Waals surface area (Å²) in [6.45, 7) is 0.437. The third-order valence-electron chi connectivity index (χ3n) is 6.77. The number of aliphatic carboxylic acids is 1. The summed E-state index contributed by atoms with van der Waals surface area (Å²) in [4.78, 5) is 20.3. The van der Waals surface area contributed by atoms with Crippen molar-refractivity contribution < 1.29 is 14.4 Å². The standard InChI is InChI=1S/C27H29N5O3/c28-26-11-6-18(14-29-26)12-23(27(33)34)24-16-32(17-30-24)15-22-13-25(35-31-22)21-9-7-20(8-10-21)19-4-2-1-3-5-19/h6-11,13-14,16-17,19,23H,1-5,12,15H2,(H2,28,29)(H,33,34). The molecule has 3 heterocycles. The average molecular weight is 472 g/mol. The Hall–Kier alpha value is -3.94. The van der Waals surface area contributed by atoms with Gasteiger partial charge in [0.1, 0.15) is 17.4 Å². The maximum atomic E-state index is 11.9. The van der Waals surface area contributed by atoms with Crippen LogP contribution >= 0.6 is 0 Å². The van der Waals surface area contributed by atoms with E-state index in [2.05, 4.69) is 39.4 Å². The highest BCUT2D eigenvalue weighted by atomic mass is 16.5. The first-order chi connectivity index (χ1) is 17.0. The number of benzene rings is 1. The minimum Gasteiger partial charge on any atom is -0.481 e. The summed E-state index contributed by atoms with van der Waals surface area (Å²) in [5.74, 6) is 0.0704. The summed E-state index contributed by atoms with van der Waals surface area (Å²) in [7, 11) is 0. The SMILES string of the molecule is Nc1ccc(CC(C(=O)O)c2cn(Cc3cc(-c4ccc(C5CCCCC5)cc4)on3)cn2)cn1. The Morgan fingerprint density at radius 1 is 1.11 bits per heavy atom. The number of carbonyl (C=O) groups is 1. The molecule has 5 rings (SSSR count). The van der Waals surface area contributed by atoms with Crippen LogP contribution in [0.25, 0.3) is 11.3 Å². The number of rotatable bonds is 8.